The van der Waals surface area contributed by atoms with Crippen LogP contribution in [0.3, 0.4) is 0 Å². The quantitative estimate of drug-likeness (QED) is 0.838. The van der Waals surface area contributed by atoms with Crippen molar-refractivity contribution in [2.45, 2.75) is 13.3 Å². The Hall–Kier alpha value is -1.10. The van der Waals surface area contributed by atoms with Gasteiger partial charge in [-0.05, 0) is 30.2 Å². The molecule has 3 nitrogen and oxygen atoms in total. The number of aryl methyl sites for hydroxylation is 1. The SMILES string of the molecule is CCc1cc(NS(C)(=O)=O)ccc1F. The normalized spacial score (nSPS) is 11.4. The average Bonchev–Trinajstić information content (AvgIpc) is 2.06. The Kier molecular flexibility index (Phi) is 3.10. The van der Waals surface area contributed by atoms with Gasteiger partial charge in [0.15, 0.2) is 0 Å². The van der Waals surface area contributed by atoms with Crippen LogP contribution in [0.15, 0.2) is 18.2 Å². The summed E-state index contributed by atoms with van der Waals surface area (Å²) in [7, 11) is -3.29. The molecule has 1 aromatic rings. The lowest BCUT2D eigenvalue weighted by Gasteiger charge is -2.06. The second-order valence-electron chi connectivity index (χ2n) is 3.03. The molecule has 0 aliphatic heterocycles. The van der Waals surface area contributed by atoms with Gasteiger partial charge in [-0.2, -0.15) is 0 Å². The van der Waals surface area contributed by atoms with E-state index >= 15 is 0 Å². The summed E-state index contributed by atoms with van der Waals surface area (Å²) in [6.45, 7) is 1.81. The Morgan fingerprint density at radius 2 is 2.07 bits per heavy atom. The molecule has 0 unspecified atom stereocenters. The van der Waals surface area contributed by atoms with E-state index in [2.05, 4.69) is 4.72 Å². The van der Waals surface area contributed by atoms with Crippen molar-refractivity contribution >= 4 is 15.7 Å². The van der Waals surface area contributed by atoms with E-state index in [0.717, 1.165) is 6.26 Å². The first kappa shape index (κ1) is 11.0. The largest absolute Gasteiger partial charge is 0.284 e. The van der Waals surface area contributed by atoms with Crippen molar-refractivity contribution in [2.24, 2.45) is 0 Å². The topological polar surface area (TPSA) is 46.2 Å². The van der Waals surface area contributed by atoms with Crippen LogP contribution in [0.2, 0.25) is 0 Å². The summed E-state index contributed by atoms with van der Waals surface area (Å²) in [6, 6.07) is 4.15. The van der Waals surface area contributed by atoms with Gasteiger partial charge in [0.05, 0.1) is 6.26 Å². The van der Waals surface area contributed by atoms with Crippen LogP contribution in [0.25, 0.3) is 0 Å². The van der Waals surface area contributed by atoms with E-state index in [-0.39, 0.29) is 5.82 Å². The van der Waals surface area contributed by atoms with E-state index < -0.39 is 10.0 Å². The molecule has 1 aromatic carbocycles. The average molecular weight is 217 g/mol. The van der Waals surface area contributed by atoms with Gasteiger partial charge in [-0.15, -0.1) is 0 Å². The molecular weight excluding hydrogens is 205 g/mol. The number of halogens is 1. The Balaban J connectivity index is 3.01. The summed E-state index contributed by atoms with van der Waals surface area (Å²) < 4.78 is 37.1. The Morgan fingerprint density at radius 3 is 2.57 bits per heavy atom. The molecule has 0 aliphatic rings. The van der Waals surface area contributed by atoms with E-state index in [1.54, 1.807) is 0 Å². The van der Waals surface area contributed by atoms with E-state index in [1.165, 1.54) is 18.2 Å². The zero-order valence-electron chi connectivity index (χ0n) is 8.04. The van der Waals surface area contributed by atoms with E-state index in [0.29, 0.717) is 17.7 Å². The minimum Gasteiger partial charge on any atom is -0.284 e. The van der Waals surface area contributed by atoms with Crippen LogP contribution in [0.1, 0.15) is 12.5 Å². The van der Waals surface area contributed by atoms with Crippen LogP contribution in [0.5, 0.6) is 0 Å². The van der Waals surface area contributed by atoms with Crippen molar-refractivity contribution in [2.75, 3.05) is 11.0 Å². The minimum absolute atomic E-state index is 0.313. The van der Waals surface area contributed by atoms with Gasteiger partial charge >= 0.3 is 0 Å². The fourth-order valence-electron chi connectivity index (χ4n) is 1.12. The summed E-state index contributed by atoms with van der Waals surface area (Å²) in [4.78, 5) is 0. The molecular formula is C9H12FNO2S. The molecule has 0 spiro atoms. The van der Waals surface area contributed by atoms with Gasteiger partial charge in [0, 0.05) is 5.69 Å². The molecule has 78 valence electrons. The molecule has 0 saturated heterocycles. The second kappa shape index (κ2) is 3.96. The summed E-state index contributed by atoms with van der Waals surface area (Å²) >= 11 is 0. The number of rotatable bonds is 3. The highest BCUT2D eigenvalue weighted by molar-refractivity contribution is 7.92. The summed E-state index contributed by atoms with van der Waals surface area (Å²) in [5.74, 6) is -0.313. The first-order valence-electron chi connectivity index (χ1n) is 4.18. The lowest BCUT2D eigenvalue weighted by Crippen LogP contribution is -2.09. The third kappa shape index (κ3) is 2.99. The number of sulfonamides is 1. The van der Waals surface area contributed by atoms with Gasteiger partial charge in [-0.25, -0.2) is 12.8 Å². The predicted octanol–water partition coefficient (Wildman–Crippen LogP) is 1.76. The number of hydrogen-bond acceptors (Lipinski definition) is 2. The Bertz CT molecular complexity index is 428. The van der Waals surface area contributed by atoms with Crippen molar-refractivity contribution in [3.63, 3.8) is 0 Å². The van der Waals surface area contributed by atoms with Crippen molar-refractivity contribution < 1.29 is 12.8 Å². The zero-order chi connectivity index (χ0) is 10.8. The van der Waals surface area contributed by atoms with E-state index in [1.807, 2.05) is 6.92 Å². The van der Waals surface area contributed by atoms with Crippen molar-refractivity contribution in [3.8, 4) is 0 Å². The van der Waals surface area contributed by atoms with Crippen LogP contribution in [0.4, 0.5) is 10.1 Å². The highest BCUT2D eigenvalue weighted by atomic mass is 32.2. The maximum atomic E-state index is 13.0. The smallest absolute Gasteiger partial charge is 0.229 e. The Morgan fingerprint density at radius 1 is 1.43 bits per heavy atom. The second-order valence-corrected chi connectivity index (χ2v) is 4.78. The number of hydrogen-bond donors (Lipinski definition) is 1. The maximum Gasteiger partial charge on any atom is 0.229 e. The van der Waals surface area contributed by atoms with E-state index in [4.69, 9.17) is 0 Å². The standard InChI is InChI=1S/C9H12FNO2S/c1-3-7-6-8(4-5-9(7)10)11-14(2,12)13/h4-6,11H,3H2,1-2H3. The Labute approximate surface area is 83.0 Å². The fraction of sp³-hybridized carbons (Fsp3) is 0.333. The van der Waals surface area contributed by atoms with Crippen LogP contribution in [-0.2, 0) is 16.4 Å². The lowest BCUT2D eigenvalue weighted by molar-refractivity contribution is 0.605. The molecule has 0 fully saturated rings. The third-order valence-electron chi connectivity index (χ3n) is 1.73. The van der Waals surface area contributed by atoms with Gasteiger partial charge in [0.25, 0.3) is 0 Å². The minimum atomic E-state index is -3.29. The number of benzene rings is 1. The monoisotopic (exact) mass is 217 g/mol. The first-order valence-corrected chi connectivity index (χ1v) is 6.07. The van der Waals surface area contributed by atoms with Gasteiger partial charge in [0.1, 0.15) is 5.82 Å². The molecule has 0 amide bonds. The molecule has 0 saturated carbocycles. The fourth-order valence-corrected chi connectivity index (χ4v) is 1.68. The molecule has 14 heavy (non-hydrogen) atoms. The van der Waals surface area contributed by atoms with E-state index in [9.17, 15) is 12.8 Å². The molecule has 0 bridgehead atoms. The van der Waals surface area contributed by atoms with Gasteiger partial charge in [-0.1, -0.05) is 6.92 Å². The maximum absolute atomic E-state index is 13.0. The molecule has 0 atom stereocenters. The van der Waals surface area contributed by atoms with Crippen LogP contribution >= 0.6 is 0 Å². The van der Waals surface area contributed by atoms with Crippen LogP contribution < -0.4 is 4.72 Å². The predicted molar refractivity (Wildman–Crippen MR) is 54.2 cm³/mol. The summed E-state index contributed by atoms with van der Waals surface area (Å²) in [5.41, 5.74) is 0.893. The zero-order valence-corrected chi connectivity index (χ0v) is 8.86. The molecule has 1 rings (SSSR count). The summed E-state index contributed by atoms with van der Waals surface area (Å²) in [5, 5.41) is 0. The van der Waals surface area contributed by atoms with Crippen molar-refractivity contribution in [1.29, 1.82) is 0 Å². The lowest BCUT2D eigenvalue weighted by atomic mass is 10.1. The highest BCUT2D eigenvalue weighted by Crippen LogP contribution is 2.15. The van der Waals surface area contributed by atoms with Crippen molar-refractivity contribution in [3.05, 3.63) is 29.6 Å². The van der Waals surface area contributed by atoms with Gasteiger partial charge < -0.3 is 0 Å². The van der Waals surface area contributed by atoms with Gasteiger partial charge in [-0.3, -0.25) is 4.72 Å². The molecule has 0 radical (unpaired) electrons. The molecule has 0 aliphatic carbocycles. The molecule has 5 heteroatoms. The molecule has 0 heterocycles. The van der Waals surface area contributed by atoms with Crippen LogP contribution in [-0.4, -0.2) is 14.7 Å². The van der Waals surface area contributed by atoms with Crippen molar-refractivity contribution in [1.82, 2.24) is 0 Å². The highest BCUT2D eigenvalue weighted by Gasteiger charge is 2.05. The van der Waals surface area contributed by atoms with Gasteiger partial charge in [0.2, 0.25) is 10.0 Å². The third-order valence-corrected chi connectivity index (χ3v) is 2.34. The molecule has 1 N–H and O–H groups in total. The molecule has 0 aromatic heterocycles. The number of anilines is 1. The number of nitrogens with one attached hydrogen (secondary N) is 1. The first-order chi connectivity index (χ1) is 6.42. The summed E-state index contributed by atoms with van der Waals surface area (Å²) in [6.07, 6.45) is 1.59. The van der Waals surface area contributed by atoms with Crippen LogP contribution in [0, 0.1) is 5.82 Å².